The van der Waals surface area contributed by atoms with Crippen LogP contribution in [0.2, 0.25) is 0 Å². The third-order valence-electron chi connectivity index (χ3n) is 3.55. The van der Waals surface area contributed by atoms with Gasteiger partial charge in [0.15, 0.2) is 5.13 Å². The molecule has 0 atom stereocenters. The number of nitrogens with one attached hydrogen (secondary N) is 1. The maximum Gasteiger partial charge on any atom is 0.260 e. The van der Waals surface area contributed by atoms with Crippen molar-refractivity contribution in [1.29, 1.82) is 0 Å². The van der Waals surface area contributed by atoms with E-state index < -0.39 is 5.91 Å². The number of rotatable bonds is 6. The first-order chi connectivity index (χ1) is 12.4. The summed E-state index contributed by atoms with van der Waals surface area (Å²) >= 11 is 1.25. The second-order valence-electron chi connectivity index (χ2n) is 5.53. The van der Waals surface area contributed by atoms with E-state index >= 15 is 0 Å². The van der Waals surface area contributed by atoms with E-state index in [9.17, 15) is 9.59 Å². The van der Waals surface area contributed by atoms with Crippen LogP contribution in [0.5, 0.6) is 5.88 Å². The average molecular weight is 375 g/mol. The lowest BCUT2D eigenvalue weighted by Crippen LogP contribution is -2.30. The van der Waals surface area contributed by atoms with E-state index in [0.717, 1.165) is 4.70 Å². The van der Waals surface area contributed by atoms with Gasteiger partial charge in [-0.3, -0.25) is 19.6 Å². The van der Waals surface area contributed by atoms with E-state index in [1.807, 2.05) is 0 Å². The minimum atomic E-state index is -0.467. The van der Waals surface area contributed by atoms with Gasteiger partial charge in [-0.1, -0.05) is 11.3 Å². The van der Waals surface area contributed by atoms with Gasteiger partial charge in [0, 0.05) is 20.3 Å². The number of pyridine rings is 1. The van der Waals surface area contributed by atoms with Gasteiger partial charge in [0.2, 0.25) is 11.8 Å². The number of hydrogen-bond donors (Lipinski definition) is 2. The number of aromatic nitrogens is 4. The normalized spacial score (nSPS) is 10.7. The standard InChI is InChI=1S/C15H17N7O3S/c1-21(7-10(16)23)9-5-17-14(25-3)11-12(9)26-15(19-11)20-13(24)8-4-18-22(2)6-8/h4-6H,7H2,1-3H3,(H2,16,23)(H,19,20,24). The number of methoxy groups -OCH3 is 1. The zero-order chi connectivity index (χ0) is 18.8. The van der Waals surface area contributed by atoms with Crippen molar-refractivity contribution in [2.45, 2.75) is 0 Å². The highest BCUT2D eigenvalue weighted by Crippen LogP contribution is 2.37. The molecule has 0 fully saturated rings. The molecular formula is C15H17N7O3S. The molecule has 2 amide bonds. The molecule has 26 heavy (non-hydrogen) atoms. The van der Waals surface area contributed by atoms with Crippen molar-refractivity contribution in [2.24, 2.45) is 12.8 Å². The number of ether oxygens (including phenoxy) is 1. The molecule has 0 aliphatic heterocycles. The minimum Gasteiger partial charge on any atom is -0.479 e. The monoisotopic (exact) mass is 375 g/mol. The van der Waals surface area contributed by atoms with Gasteiger partial charge in [0.1, 0.15) is 5.52 Å². The number of primary amides is 1. The quantitative estimate of drug-likeness (QED) is 0.646. The summed E-state index contributed by atoms with van der Waals surface area (Å²) in [7, 11) is 4.94. The van der Waals surface area contributed by atoms with Crippen LogP contribution in [0.15, 0.2) is 18.6 Å². The molecule has 0 spiro atoms. The van der Waals surface area contributed by atoms with Crippen molar-refractivity contribution < 1.29 is 14.3 Å². The number of nitrogens with zero attached hydrogens (tertiary/aromatic N) is 5. The number of hydrogen-bond acceptors (Lipinski definition) is 8. The predicted molar refractivity (Wildman–Crippen MR) is 97.6 cm³/mol. The van der Waals surface area contributed by atoms with Crippen LogP contribution >= 0.6 is 11.3 Å². The van der Waals surface area contributed by atoms with E-state index in [0.29, 0.717) is 27.8 Å². The summed E-state index contributed by atoms with van der Waals surface area (Å²) in [5.74, 6) is -0.462. The Morgan fingerprint density at radius 3 is 2.81 bits per heavy atom. The van der Waals surface area contributed by atoms with Gasteiger partial charge in [-0.15, -0.1) is 0 Å². The number of carbonyl (C=O) groups is 2. The first-order valence-electron chi connectivity index (χ1n) is 7.52. The number of anilines is 2. The molecule has 3 rings (SSSR count). The Morgan fingerprint density at radius 2 is 2.19 bits per heavy atom. The fraction of sp³-hybridized carbons (Fsp3) is 0.267. The SMILES string of the molecule is COc1ncc(N(C)CC(N)=O)c2sc(NC(=O)c3cnn(C)c3)nc12. The Bertz CT molecular complexity index is 981. The number of likely N-dealkylation sites (N-methyl/N-ethyl adjacent to an activating group) is 1. The van der Waals surface area contributed by atoms with Crippen LogP contribution in [-0.4, -0.2) is 52.3 Å². The van der Waals surface area contributed by atoms with Crippen molar-refractivity contribution in [3.05, 3.63) is 24.2 Å². The highest BCUT2D eigenvalue weighted by molar-refractivity contribution is 7.23. The van der Waals surface area contributed by atoms with Gasteiger partial charge < -0.3 is 15.4 Å². The number of amides is 2. The molecule has 10 nitrogen and oxygen atoms in total. The highest BCUT2D eigenvalue weighted by atomic mass is 32.1. The van der Waals surface area contributed by atoms with Gasteiger partial charge in [0.25, 0.3) is 5.91 Å². The number of carbonyl (C=O) groups excluding carboxylic acids is 2. The van der Waals surface area contributed by atoms with Crippen LogP contribution in [0.4, 0.5) is 10.8 Å². The molecule has 3 aromatic rings. The molecule has 0 saturated heterocycles. The molecular weight excluding hydrogens is 358 g/mol. The summed E-state index contributed by atoms with van der Waals surface area (Å²) in [5.41, 5.74) is 6.84. The molecule has 0 bridgehead atoms. The zero-order valence-electron chi connectivity index (χ0n) is 14.4. The average Bonchev–Trinajstić information content (AvgIpc) is 3.19. The zero-order valence-corrected chi connectivity index (χ0v) is 15.2. The molecule has 0 aromatic carbocycles. The van der Waals surface area contributed by atoms with Crippen molar-refractivity contribution >= 4 is 44.2 Å². The van der Waals surface area contributed by atoms with Crippen LogP contribution < -0.4 is 20.7 Å². The summed E-state index contributed by atoms with van der Waals surface area (Å²) in [4.78, 5) is 33.8. The van der Waals surface area contributed by atoms with Crippen molar-refractivity contribution in [1.82, 2.24) is 19.7 Å². The Balaban J connectivity index is 1.97. The number of thiazole rings is 1. The van der Waals surface area contributed by atoms with Gasteiger partial charge >= 0.3 is 0 Å². The van der Waals surface area contributed by atoms with Crippen LogP contribution in [0.3, 0.4) is 0 Å². The number of nitrogens with two attached hydrogens (primary N) is 1. The smallest absolute Gasteiger partial charge is 0.260 e. The van der Waals surface area contributed by atoms with Crippen LogP contribution in [0.25, 0.3) is 10.2 Å². The maximum absolute atomic E-state index is 12.3. The molecule has 0 saturated carbocycles. The van der Waals surface area contributed by atoms with E-state index in [-0.39, 0.29) is 12.5 Å². The summed E-state index contributed by atoms with van der Waals surface area (Å²) in [6, 6.07) is 0. The molecule has 3 aromatic heterocycles. The van der Waals surface area contributed by atoms with E-state index in [2.05, 4.69) is 20.4 Å². The molecule has 3 heterocycles. The minimum absolute atomic E-state index is 0.0262. The Kier molecular flexibility index (Phi) is 4.71. The highest BCUT2D eigenvalue weighted by Gasteiger charge is 2.19. The molecule has 3 N–H and O–H groups in total. The van der Waals surface area contributed by atoms with Gasteiger partial charge in [-0.2, -0.15) is 5.10 Å². The lowest BCUT2D eigenvalue weighted by molar-refractivity contribution is -0.116. The predicted octanol–water partition coefficient (Wildman–Crippen LogP) is 0.607. The summed E-state index contributed by atoms with van der Waals surface area (Å²) < 4.78 is 7.51. The van der Waals surface area contributed by atoms with Crippen molar-refractivity contribution in [3.63, 3.8) is 0 Å². The van der Waals surface area contributed by atoms with E-state index in [4.69, 9.17) is 10.5 Å². The Morgan fingerprint density at radius 1 is 1.42 bits per heavy atom. The molecule has 0 unspecified atom stereocenters. The lowest BCUT2D eigenvalue weighted by Gasteiger charge is -2.17. The molecule has 0 radical (unpaired) electrons. The summed E-state index contributed by atoms with van der Waals surface area (Å²) in [6.07, 6.45) is 4.66. The fourth-order valence-corrected chi connectivity index (χ4v) is 3.40. The summed E-state index contributed by atoms with van der Waals surface area (Å²) in [5, 5.41) is 7.10. The molecule has 11 heteroatoms. The van der Waals surface area contributed by atoms with Gasteiger partial charge in [0.05, 0.1) is 42.0 Å². The fourth-order valence-electron chi connectivity index (χ4n) is 2.38. The second-order valence-corrected chi connectivity index (χ2v) is 6.53. The van der Waals surface area contributed by atoms with Crippen molar-refractivity contribution in [3.8, 4) is 5.88 Å². The Hall–Kier alpha value is -3.21. The third-order valence-corrected chi connectivity index (χ3v) is 4.54. The number of fused-ring (bicyclic) bond motifs is 1. The van der Waals surface area contributed by atoms with Gasteiger partial charge in [-0.25, -0.2) is 9.97 Å². The Labute approximate surface area is 152 Å². The second kappa shape index (κ2) is 6.96. The van der Waals surface area contributed by atoms with Crippen LogP contribution in [-0.2, 0) is 11.8 Å². The molecule has 0 aliphatic carbocycles. The van der Waals surface area contributed by atoms with E-state index in [1.165, 1.54) is 29.3 Å². The first-order valence-corrected chi connectivity index (χ1v) is 8.33. The largest absolute Gasteiger partial charge is 0.479 e. The third kappa shape index (κ3) is 3.42. The van der Waals surface area contributed by atoms with Crippen LogP contribution in [0, 0.1) is 0 Å². The van der Waals surface area contributed by atoms with Gasteiger partial charge in [-0.05, 0) is 0 Å². The number of aryl methyl sites for hydroxylation is 1. The molecule has 136 valence electrons. The molecule has 0 aliphatic rings. The van der Waals surface area contributed by atoms with E-state index in [1.54, 1.807) is 31.4 Å². The summed E-state index contributed by atoms with van der Waals surface area (Å²) in [6.45, 7) is 0.0262. The maximum atomic E-state index is 12.3. The topological polar surface area (TPSA) is 128 Å². The lowest BCUT2D eigenvalue weighted by atomic mass is 10.3. The first kappa shape index (κ1) is 17.6. The van der Waals surface area contributed by atoms with Crippen molar-refractivity contribution in [2.75, 3.05) is 30.9 Å². The van der Waals surface area contributed by atoms with Crippen LogP contribution in [0.1, 0.15) is 10.4 Å².